The van der Waals surface area contributed by atoms with Crippen LogP contribution in [0.2, 0.25) is 0 Å². The topological polar surface area (TPSA) is 85.5 Å². The van der Waals surface area contributed by atoms with Crippen LogP contribution in [0.1, 0.15) is 114 Å². The Morgan fingerprint density at radius 2 is 1.58 bits per heavy atom. The Bertz CT molecular complexity index is 1290. The van der Waals surface area contributed by atoms with E-state index in [1.165, 1.54) is 49.1 Å². The van der Waals surface area contributed by atoms with Crippen LogP contribution in [-0.2, 0) is 27.0 Å². The fourth-order valence-electron chi connectivity index (χ4n) is 4.98. The molecule has 0 N–H and O–H groups in total. The second-order valence-electron chi connectivity index (χ2n) is 10.8. The van der Waals surface area contributed by atoms with E-state index in [1.54, 1.807) is 38.1 Å². The third-order valence-electron chi connectivity index (χ3n) is 7.66. The van der Waals surface area contributed by atoms with Gasteiger partial charge in [-0.3, -0.25) is 4.79 Å². The van der Waals surface area contributed by atoms with E-state index in [4.69, 9.17) is 9.26 Å². The number of hydrogen-bond acceptors (Lipinski definition) is 6. The first-order chi connectivity index (χ1) is 20.6. The molecule has 0 bridgehead atoms. The molecule has 0 aliphatic heterocycles. The molecule has 0 saturated carbocycles. The summed E-state index contributed by atoms with van der Waals surface area (Å²) in [6.45, 7) is 7.64. The summed E-state index contributed by atoms with van der Waals surface area (Å²) in [5.74, 6) is -0.567. The first-order valence-corrected chi connectivity index (χ1v) is 15.2. The summed E-state index contributed by atoms with van der Waals surface area (Å²) in [7, 11) is 0. The van der Waals surface area contributed by atoms with Crippen molar-refractivity contribution < 1.29 is 32.0 Å². The molecule has 234 valence electrons. The van der Waals surface area contributed by atoms with E-state index in [1.807, 2.05) is 0 Å². The molecule has 0 saturated heterocycles. The normalized spacial score (nSPS) is 13.0. The van der Waals surface area contributed by atoms with Crippen molar-refractivity contribution in [2.45, 2.75) is 104 Å². The molecule has 0 aliphatic carbocycles. The van der Waals surface area contributed by atoms with Crippen LogP contribution in [-0.4, -0.2) is 33.5 Å². The Balaban J connectivity index is 1.72. The van der Waals surface area contributed by atoms with Gasteiger partial charge in [-0.2, -0.15) is 18.2 Å². The van der Waals surface area contributed by atoms with Gasteiger partial charge in [0.25, 0.3) is 5.89 Å². The summed E-state index contributed by atoms with van der Waals surface area (Å²) in [5.41, 5.74) is 1.08. The first kappa shape index (κ1) is 33.8. The van der Waals surface area contributed by atoms with Gasteiger partial charge in [-0.1, -0.05) is 81.8 Å². The maximum Gasteiger partial charge on any atom is 0.416 e. The molecular formula is C33H42F3N3O4. The van der Waals surface area contributed by atoms with Gasteiger partial charge in [0, 0.05) is 18.0 Å². The highest BCUT2D eigenvalue weighted by Crippen LogP contribution is 2.32. The van der Waals surface area contributed by atoms with Crippen LogP contribution in [0, 0.1) is 0 Å². The van der Waals surface area contributed by atoms with Crippen molar-refractivity contribution in [3.8, 4) is 11.5 Å². The fourth-order valence-corrected chi connectivity index (χ4v) is 4.98. The average molecular weight is 602 g/mol. The highest BCUT2D eigenvalue weighted by molar-refractivity contribution is 6.32. The summed E-state index contributed by atoms with van der Waals surface area (Å²) in [6.07, 6.45) is 4.84. The van der Waals surface area contributed by atoms with Crippen LogP contribution in [0.4, 0.5) is 13.2 Å². The molecule has 43 heavy (non-hydrogen) atoms. The Morgan fingerprint density at radius 3 is 2.19 bits per heavy atom. The molecule has 0 radical (unpaired) electrons. The summed E-state index contributed by atoms with van der Waals surface area (Å²) in [4.78, 5) is 31.3. The lowest BCUT2D eigenvalue weighted by atomic mass is 9.97. The van der Waals surface area contributed by atoms with Crippen molar-refractivity contribution in [1.29, 1.82) is 0 Å². The molecule has 7 nitrogen and oxygen atoms in total. The summed E-state index contributed by atoms with van der Waals surface area (Å²) >= 11 is 0. The predicted molar refractivity (Wildman–Crippen MR) is 158 cm³/mol. The summed E-state index contributed by atoms with van der Waals surface area (Å²) in [6, 6.07) is 11.0. The smallest absolute Gasteiger partial charge is 0.416 e. The highest BCUT2D eigenvalue weighted by atomic mass is 19.4. The van der Waals surface area contributed by atoms with Crippen LogP contribution < -0.4 is 0 Å². The number of carbonyl (C=O) groups excluding carboxylic acids is 2. The van der Waals surface area contributed by atoms with Crippen molar-refractivity contribution in [3.63, 3.8) is 0 Å². The van der Waals surface area contributed by atoms with Gasteiger partial charge in [-0.05, 0) is 62.1 Å². The van der Waals surface area contributed by atoms with Crippen LogP contribution in [0.15, 0.2) is 53.1 Å². The van der Waals surface area contributed by atoms with Gasteiger partial charge in [0.05, 0.1) is 18.2 Å². The van der Waals surface area contributed by atoms with Gasteiger partial charge in [0.15, 0.2) is 5.82 Å². The molecule has 2 aromatic carbocycles. The zero-order valence-corrected chi connectivity index (χ0v) is 25.5. The number of halogens is 3. The molecule has 0 fully saturated rings. The van der Waals surface area contributed by atoms with E-state index in [-0.39, 0.29) is 19.1 Å². The van der Waals surface area contributed by atoms with Crippen LogP contribution in [0.25, 0.3) is 11.5 Å². The van der Waals surface area contributed by atoms with Crippen molar-refractivity contribution in [2.75, 3.05) is 6.61 Å². The van der Waals surface area contributed by atoms with Gasteiger partial charge < -0.3 is 14.2 Å². The minimum atomic E-state index is -4.48. The van der Waals surface area contributed by atoms with Crippen molar-refractivity contribution in [2.24, 2.45) is 0 Å². The Hall–Kier alpha value is -3.69. The van der Waals surface area contributed by atoms with Crippen molar-refractivity contribution in [1.82, 2.24) is 15.0 Å². The minimum Gasteiger partial charge on any atom is -0.459 e. The van der Waals surface area contributed by atoms with E-state index in [0.717, 1.165) is 37.0 Å². The number of benzene rings is 2. The molecule has 1 heterocycles. The highest BCUT2D eigenvalue weighted by Gasteiger charge is 2.32. The van der Waals surface area contributed by atoms with Crippen LogP contribution >= 0.6 is 0 Å². The zero-order chi connectivity index (χ0) is 31.4. The van der Waals surface area contributed by atoms with Gasteiger partial charge in [0.2, 0.25) is 0 Å². The summed E-state index contributed by atoms with van der Waals surface area (Å²) < 4.78 is 49.7. The number of esters is 1. The molecule has 10 heteroatoms. The SMILES string of the molecule is CCCCCCCCC(CC)c1noc(-c2ccc(CN(C(=O)C(=O)OCC)[C@@H](C)c3ccc(C(F)(F)F)cc3)cc2)n1. The third-order valence-corrected chi connectivity index (χ3v) is 7.66. The predicted octanol–water partition coefficient (Wildman–Crippen LogP) is 8.65. The number of aromatic nitrogens is 2. The van der Waals surface area contributed by atoms with Gasteiger partial charge in [-0.15, -0.1) is 0 Å². The standard InChI is InChI=1S/C33H42F3N3O4/c1-5-8-9-10-11-12-13-25(6-2)29-37-30(43-38-29)27-16-14-24(15-17-27)22-39(31(40)32(41)42-7-3)23(4)26-18-20-28(21-19-26)33(34,35)36/h14-21,23,25H,5-13,22H2,1-4H3/t23-,25?/m0/s1. The van der Waals surface area contributed by atoms with Crippen molar-refractivity contribution in [3.05, 3.63) is 71.0 Å². The Morgan fingerprint density at radius 1 is 0.930 bits per heavy atom. The number of alkyl halides is 3. The lowest BCUT2D eigenvalue weighted by Crippen LogP contribution is -2.39. The van der Waals surface area contributed by atoms with Crippen molar-refractivity contribution >= 4 is 11.9 Å². The lowest BCUT2D eigenvalue weighted by molar-refractivity contribution is -0.161. The summed E-state index contributed by atoms with van der Waals surface area (Å²) in [5, 5.41) is 4.24. The average Bonchev–Trinajstić information content (AvgIpc) is 3.49. The van der Waals surface area contributed by atoms with Gasteiger partial charge >= 0.3 is 18.1 Å². The molecule has 3 aromatic rings. The second kappa shape index (κ2) is 16.2. The molecule has 2 atom stereocenters. The molecule has 3 rings (SSSR count). The fraction of sp³-hybridized carbons (Fsp3) is 0.515. The number of nitrogens with zero attached hydrogens (tertiary/aromatic N) is 3. The second-order valence-corrected chi connectivity index (χ2v) is 10.8. The number of amides is 1. The largest absolute Gasteiger partial charge is 0.459 e. The number of hydrogen-bond donors (Lipinski definition) is 0. The maximum atomic E-state index is 13.1. The van der Waals surface area contributed by atoms with E-state index in [9.17, 15) is 22.8 Å². The van der Waals surface area contributed by atoms with Crippen LogP contribution in [0.3, 0.4) is 0 Å². The lowest BCUT2D eigenvalue weighted by Gasteiger charge is -2.29. The zero-order valence-electron chi connectivity index (χ0n) is 25.5. The minimum absolute atomic E-state index is 0.0196. The number of rotatable bonds is 15. The number of carbonyl (C=O) groups is 2. The molecule has 0 spiro atoms. The molecular weight excluding hydrogens is 559 g/mol. The number of unbranched alkanes of at least 4 members (excludes halogenated alkanes) is 5. The molecule has 0 aliphatic rings. The van der Waals surface area contributed by atoms with E-state index >= 15 is 0 Å². The van der Waals surface area contributed by atoms with E-state index in [2.05, 4.69) is 24.0 Å². The maximum absolute atomic E-state index is 13.1. The van der Waals surface area contributed by atoms with Gasteiger partial charge in [-0.25, -0.2) is 4.79 Å². The quantitative estimate of drug-likeness (QED) is 0.0985. The first-order valence-electron chi connectivity index (χ1n) is 15.2. The number of ether oxygens (including phenoxy) is 1. The van der Waals surface area contributed by atoms with Crippen LogP contribution in [0.5, 0.6) is 0 Å². The Kier molecular flexibility index (Phi) is 12.8. The molecule has 1 amide bonds. The Labute approximate surface area is 251 Å². The molecule has 1 aromatic heterocycles. The van der Waals surface area contributed by atoms with E-state index in [0.29, 0.717) is 22.8 Å². The van der Waals surface area contributed by atoms with Gasteiger partial charge in [0.1, 0.15) is 0 Å². The third kappa shape index (κ3) is 9.66. The monoisotopic (exact) mass is 601 g/mol. The van der Waals surface area contributed by atoms with E-state index < -0.39 is 29.7 Å². The molecule has 1 unspecified atom stereocenters.